The Morgan fingerprint density at radius 3 is 2.40 bits per heavy atom. The standard InChI is InChI=1S/C14H19NO4S/c1-3-20(18,19)12-6-4-11(5-7-12)15-9-8-14(2,10-15)13(16)17/h4-7H,3,8-10H2,1-2H3,(H,16,17). The van der Waals surface area contributed by atoms with Crippen molar-refractivity contribution in [2.24, 2.45) is 5.41 Å². The average Bonchev–Trinajstić information content (AvgIpc) is 2.83. The molecule has 1 saturated heterocycles. The second kappa shape index (κ2) is 5.09. The molecule has 0 aliphatic carbocycles. The molecule has 6 heteroatoms. The molecule has 20 heavy (non-hydrogen) atoms. The van der Waals surface area contributed by atoms with Crippen LogP contribution in [-0.2, 0) is 14.6 Å². The normalized spacial score (nSPS) is 23.0. The van der Waals surface area contributed by atoms with Crippen molar-refractivity contribution in [3.63, 3.8) is 0 Å². The number of rotatable bonds is 4. The van der Waals surface area contributed by atoms with Gasteiger partial charge in [0.15, 0.2) is 9.84 Å². The largest absolute Gasteiger partial charge is 0.481 e. The molecule has 1 N–H and O–H groups in total. The summed E-state index contributed by atoms with van der Waals surface area (Å²) >= 11 is 0. The first-order chi connectivity index (χ1) is 9.28. The number of sulfone groups is 1. The fraction of sp³-hybridized carbons (Fsp3) is 0.500. The molecular formula is C14H19NO4S. The fourth-order valence-corrected chi connectivity index (χ4v) is 3.27. The molecule has 0 saturated carbocycles. The summed E-state index contributed by atoms with van der Waals surface area (Å²) in [5.74, 6) is -0.710. The molecule has 1 atom stereocenters. The van der Waals surface area contributed by atoms with Gasteiger partial charge in [0.05, 0.1) is 16.1 Å². The summed E-state index contributed by atoms with van der Waals surface area (Å²) in [6, 6.07) is 6.67. The molecule has 1 aromatic carbocycles. The molecule has 0 radical (unpaired) electrons. The number of aliphatic carboxylic acids is 1. The highest BCUT2D eigenvalue weighted by Gasteiger charge is 2.40. The molecule has 0 amide bonds. The van der Waals surface area contributed by atoms with Gasteiger partial charge < -0.3 is 10.0 Å². The first kappa shape index (κ1) is 14.8. The SMILES string of the molecule is CCS(=O)(=O)c1ccc(N2CCC(C)(C(=O)O)C2)cc1. The minimum Gasteiger partial charge on any atom is -0.481 e. The molecule has 5 nitrogen and oxygen atoms in total. The molecule has 0 aromatic heterocycles. The number of nitrogens with zero attached hydrogens (tertiary/aromatic N) is 1. The third-order valence-corrected chi connectivity index (χ3v) is 5.68. The van der Waals surface area contributed by atoms with E-state index in [4.69, 9.17) is 0 Å². The first-order valence-corrected chi connectivity index (χ1v) is 8.25. The number of benzene rings is 1. The molecule has 110 valence electrons. The average molecular weight is 297 g/mol. The third kappa shape index (κ3) is 2.65. The zero-order valence-electron chi connectivity index (χ0n) is 11.7. The van der Waals surface area contributed by atoms with Crippen molar-refractivity contribution in [2.45, 2.75) is 25.2 Å². The summed E-state index contributed by atoms with van der Waals surface area (Å²) in [7, 11) is -3.19. The van der Waals surface area contributed by atoms with Gasteiger partial charge in [0, 0.05) is 18.8 Å². The van der Waals surface area contributed by atoms with Gasteiger partial charge in [-0.1, -0.05) is 6.92 Å². The summed E-state index contributed by atoms with van der Waals surface area (Å²) < 4.78 is 23.5. The molecule has 1 heterocycles. The summed E-state index contributed by atoms with van der Waals surface area (Å²) in [4.78, 5) is 13.5. The topological polar surface area (TPSA) is 74.7 Å². The number of carbonyl (C=O) groups is 1. The number of anilines is 1. The maximum absolute atomic E-state index is 11.7. The van der Waals surface area contributed by atoms with Crippen LogP contribution in [0.5, 0.6) is 0 Å². The predicted molar refractivity (Wildman–Crippen MR) is 76.7 cm³/mol. The fourth-order valence-electron chi connectivity index (χ4n) is 2.39. The Kier molecular flexibility index (Phi) is 3.77. The van der Waals surface area contributed by atoms with Crippen LogP contribution in [0.2, 0.25) is 0 Å². The van der Waals surface area contributed by atoms with Crippen LogP contribution in [0.3, 0.4) is 0 Å². The minimum absolute atomic E-state index is 0.0765. The molecule has 1 aliphatic rings. The van der Waals surface area contributed by atoms with Gasteiger partial charge in [-0.15, -0.1) is 0 Å². The monoisotopic (exact) mass is 297 g/mol. The van der Waals surface area contributed by atoms with Gasteiger partial charge in [-0.25, -0.2) is 8.42 Å². The van der Waals surface area contributed by atoms with Crippen LogP contribution < -0.4 is 4.90 Å². The smallest absolute Gasteiger partial charge is 0.311 e. The highest BCUT2D eigenvalue weighted by Crippen LogP contribution is 2.33. The van der Waals surface area contributed by atoms with E-state index in [0.717, 1.165) is 5.69 Å². The van der Waals surface area contributed by atoms with E-state index in [2.05, 4.69) is 0 Å². The van der Waals surface area contributed by atoms with Gasteiger partial charge >= 0.3 is 5.97 Å². The van der Waals surface area contributed by atoms with Crippen molar-refractivity contribution in [2.75, 3.05) is 23.7 Å². The number of carboxylic acids is 1. The van der Waals surface area contributed by atoms with Crippen LogP contribution in [0, 0.1) is 5.41 Å². The molecule has 1 aromatic rings. The van der Waals surface area contributed by atoms with Crippen molar-refractivity contribution in [1.29, 1.82) is 0 Å². The molecule has 0 bridgehead atoms. The Morgan fingerprint density at radius 1 is 1.35 bits per heavy atom. The molecule has 1 aliphatic heterocycles. The van der Waals surface area contributed by atoms with Gasteiger partial charge in [0.2, 0.25) is 0 Å². The van der Waals surface area contributed by atoms with E-state index in [9.17, 15) is 18.3 Å². The Labute approximate surface area is 119 Å². The lowest BCUT2D eigenvalue weighted by atomic mass is 9.90. The Bertz CT molecular complexity index is 609. The van der Waals surface area contributed by atoms with E-state index >= 15 is 0 Å². The highest BCUT2D eigenvalue weighted by molar-refractivity contribution is 7.91. The van der Waals surface area contributed by atoms with Crippen LogP contribution in [0.4, 0.5) is 5.69 Å². The van der Waals surface area contributed by atoms with Crippen molar-refractivity contribution in [3.8, 4) is 0 Å². The maximum atomic E-state index is 11.7. The minimum atomic E-state index is -3.19. The zero-order valence-corrected chi connectivity index (χ0v) is 12.5. The van der Waals surface area contributed by atoms with Gasteiger partial charge in [0.1, 0.15) is 0 Å². The highest BCUT2D eigenvalue weighted by atomic mass is 32.2. The van der Waals surface area contributed by atoms with E-state index in [-0.39, 0.29) is 5.75 Å². The van der Waals surface area contributed by atoms with Crippen LogP contribution in [0.15, 0.2) is 29.2 Å². The maximum Gasteiger partial charge on any atom is 0.311 e. The Hall–Kier alpha value is -1.56. The quantitative estimate of drug-likeness (QED) is 0.917. The summed E-state index contributed by atoms with van der Waals surface area (Å²) in [6.07, 6.45) is 0.595. The second-order valence-corrected chi connectivity index (χ2v) is 7.71. The summed E-state index contributed by atoms with van der Waals surface area (Å²) in [5, 5.41) is 9.21. The predicted octanol–water partition coefficient (Wildman–Crippen LogP) is 1.78. The van der Waals surface area contributed by atoms with E-state index < -0.39 is 21.2 Å². The van der Waals surface area contributed by atoms with Gasteiger partial charge in [-0.05, 0) is 37.6 Å². The van der Waals surface area contributed by atoms with Crippen LogP contribution >= 0.6 is 0 Å². The molecule has 1 unspecified atom stereocenters. The van der Waals surface area contributed by atoms with Crippen LogP contribution in [0.25, 0.3) is 0 Å². The Balaban J connectivity index is 2.19. The van der Waals surface area contributed by atoms with Gasteiger partial charge in [0.25, 0.3) is 0 Å². The lowest BCUT2D eigenvalue weighted by molar-refractivity contribution is -0.146. The van der Waals surface area contributed by atoms with Crippen LogP contribution in [0.1, 0.15) is 20.3 Å². The van der Waals surface area contributed by atoms with E-state index in [1.807, 2.05) is 4.90 Å². The van der Waals surface area contributed by atoms with Crippen LogP contribution in [-0.4, -0.2) is 38.3 Å². The molecule has 0 spiro atoms. The second-order valence-electron chi connectivity index (χ2n) is 5.43. The Morgan fingerprint density at radius 2 is 1.95 bits per heavy atom. The summed E-state index contributed by atoms with van der Waals surface area (Å²) in [5.41, 5.74) is 0.138. The van der Waals surface area contributed by atoms with Crippen molar-refractivity contribution in [1.82, 2.24) is 0 Å². The lowest BCUT2D eigenvalue weighted by Gasteiger charge is -2.22. The van der Waals surface area contributed by atoms with E-state index in [0.29, 0.717) is 24.4 Å². The molecular weight excluding hydrogens is 278 g/mol. The van der Waals surface area contributed by atoms with Gasteiger partial charge in [-0.3, -0.25) is 4.79 Å². The third-order valence-electron chi connectivity index (χ3n) is 3.93. The molecule has 2 rings (SSSR count). The summed E-state index contributed by atoms with van der Waals surface area (Å²) in [6.45, 7) is 4.47. The van der Waals surface area contributed by atoms with E-state index in [1.165, 1.54) is 0 Å². The van der Waals surface area contributed by atoms with Crippen molar-refractivity contribution in [3.05, 3.63) is 24.3 Å². The van der Waals surface area contributed by atoms with E-state index in [1.54, 1.807) is 38.1 Å². The number of carboxylic acid groups (broad SMARTS) is 1. The van der Waals surface area contributed by atoms with Crippen molar-refractivity contribution < 1.29 is 18.3 Å². The number of hydrogen-bond acceptors (Lipinski definition) is 4. The van der Waals surface area contributed by atoms with Gasteiger partial charge in [-0.2, -0.15) is 0 Å². The molecule has 1 fully saturated rings. The number of hydrogen-bond donors (Lipinski definition) is 1. The van der Waals surface area contributed by atoms with Crippen molar-refractivity contribution >= 4 is 21.5 Å². The first-order valence-electron chi connectivity index (χ1n) is 6.60. The lowest BCUT2D eigenvalue weighted by Crippen LogP contribution is -2.31. The zero-order chi connectivity index (χ0) is 15.0.